The van der Waals surface area contributed by atoms with E-state index in [1.165, 1.54) is 0 Å². The monoisotopic (exact) mass is 316 g/mol. The van der Waals surface area contributed by atoms with Crippen LogP contribution in [0.1, 0.15) is 0 Å². The van der Waals surface area contributed by atoms with E-state index in [2.05, 4.69) is 30.1 Å². The Kier molecular flexibility index (Phi) is 2.55. The Hall–Kier alpha value is -3.55. The summed E-state index contributed by atoms with van der Waals surface area (Å²) in [7, 11) is 1.88. The number of aromatic amines is 1. The highest BCUT2D eigenvalue weighted by Crippen LogP contribution is 2.33. The maximum Gasteiger partial charge on any atom is 0.155 e. The first-order chi connectivity index (χ1) is 11.8. The molecule has 0 fully saturated rings. The Balaban J connectivity index is 1.79. The van der Waals surface area contributed by atoms with E-state index in [9.17, 15) is 0 Å². The van der Waals surface area contributed by atoms with Gasteiger partial charge >= 0.3 is 0 Å². The van der Waals surface area contributed by atoms with Crippen molar-refractivity contribution in [2.75, 3.05) is 0 Å². The van der Waals surface area contributed by atoms with E-state index >= 15 is 0 Å². The molecule has 5 rings (SSSR count). The second kappa shape index (κ2) is 4.72. The van der Waals surface area contributed by atoms with Crippen molar-refractivity contribution in [2.45, 2.75) is 0 Å². The molecule has 0 aromatic carbocycles. The third-order valence-electron chi connectivity index (χ3n) is 3.98. The van der Waals surface area contributed by atoms with E-state index in [4.69, 9.17) is 0 Å². The predicted octanol–water partition coefficient (Wildman–Crippen LogP) is 2.07. The Labute approximate surface area is 135 Å². The maximum atomic E-state index is 4.67. The van der Waals surface area contributed by atoms with Gasteiger partial charge in [-0.05, 0) is 6.07 Å². The van der Waals surface area contributed by atoms with Crippen molar-refractivity contribution in [3.05, 3.63) is 49.4 Å². The highest BCUT2D eigenvalue weighted by Gasteiger charge is 2.16. The summed E-state index contributed by atoms with van der Waals surface area (Å²) < 4.78 is 3.49. The summed E-state index contributed by atoms with van der Waals surface area (Å²) in [4.78, 5) is 16.7. The van der Waals surface area contributed by atoms with Crippen LogP contribution in [0.2, 0.25) is 0 Å². The first-order valence-electron chi connectivity index (χ1n) is 7.41. The summed E-state index contributed by atoms with van der Waals surface area (Å²) in [6, 6.07) is 3.81. The van der Waals surface area contributed by atoms with Crippen LogP contribution in [0.15, 0.2) is 49.4 Å². The normalized spacial score (nSPS) is 11.5. The number of nitrogens with one attached hydrogen (secondary N) is 1. The van der Waals surface area contributed by atoms with Crippen LogP contribution in [-0.2, 0) is 7.05 Å². The Morgan fingerprint density at radius 1 is 1.12 bits per heavy atom. The topological polar surface area (TPSA) is 89.6 Å². The molecular formula is C16H12N8. The Bertz CT molecular complexity index is 1180. The van der Waals surface area contributed by atoms with Crippen LogP contribution < -0.4 is 0 Å². The molecule has 5 aromatic heterocycles. The standard InChI is InChI=1S/C16H12N8/c1-23-8-10(6-21-23)15-14-11(7-17-16(14)19-9-18-15)12-3-5-24-13(22-12)2-4-20-24/h2-9H,1H3,(H,17,18,19). The van der Waals surface area contributed by atoms with Crippen LogP contribution in [0.3, 0.4) is 0 Å². The zero-order valence-electron chi connectivity index (χ0n) is 12.7. The third-order valence-corrected chi connectivity index (χ3v) is 3.98. The quantitative estimate of drug-likeness (QED) is 0.538. The molecule has 8 nitrogen and oxygen atoms in total. The van der Waals surface area contributed by atoms with Gasteiger partial charge in [-0.15, -0.1) is 0 Å². The van der Waals surface area contributed by atoms with Crippen LogP contribution in [0.25, 0.3) is 39.2 Å². The van der Waals surface area contributed by atoms with Crippen LogP contribution in [0.5, 0.6) is 0 Å². The summed E-state index contributed by atoms with van der Waals surface area (Å²) in [6.07, 6.45) is 10.8. The fourth-order valence-electron chi connectivity index (χ4n) is 2.89. The molecule has 116 valence electrons. The fraction of sp³-hybridized carbons (Fsp3) is 0.0625. The highest BCUT2D eigenvalue weighted by atomic mass is 15.2. The maximum absolute atomic E-state index is 4.67. The lowest BCUT2D eigenvalue weighted by molar-refractivity contribution is 0.768. The minimum Gasteiger partial charge on any atom is -0.345 e. The van der Waals surface area contributed by atoms with E-state index < -0.39 is 0 Å². The van der Waals surface area contributed by atoms with Gasteiger partial charge in [-0.3, -0.25) is 4.68 Å². The number of aryl methyl sites for hydroxylation is 1. The zero-order chi connectivity index (χ0) is 16.1. The van der Waals surface area contributed by atoms with Gasteiger partial charge in [0.15, 0.2) is 5.65 Å². The smallest absolute Gasteiger partial charge is 0.155 e. The number of rotatable bonds is 2. The molecule has 0 amide bonds. The van der Waals surface area contributed by atoms with Crippen LogP contribution in [0.4, 0.5) is 0 Å². The van der Waals surface area contributed by atoms with Gasteiger partial charge in [-0.2, -0.15) is 10.2 Å². The van der Waals surface area contributed by atoms with E-state index in [1.807, 2.05) is 37.8 Å². The largest absolute Gasteiger partial charge is 0.345 e. The molecule has 0 atom stereocenters. The summed E-state index contributed by atoms with van der Waals surface area (Å²) in [5.74, 6) is 0. The molecule has 0 aliphatic carbocycles. The first-order valence-corrected chi connectivity index (χ1v) is 7.41. The van der Waals surface area contributed by atoms with Gasteiger partial charge in [0.1, 0.15) is 12.0 Å². The lowest BCUT2D eigenvalue weighted by atomic mass is 10.1. The van der Waals surface area contributed by atoms with E-state index in [0.29, 0.717) is 0 Å². The van der Waals surface area contributed by atoms with Crippen molar-refractivity contribution in [1.29, 1.82) is 0 Å². The molecule has 0 aliphatic rings. The van der Waals surface area contributed by atoms with E-state index in [-0.39, 0.29) is 0 Å². The highest BCUT2D eigenvalue weighted by molar-refractivity contribution is 6.01. The van der Waals surface area contributed by atoms with Gasteiger partial charge < -0.3 is 4.98 Å². The molecule has 0 unspecified atom stereocenters. The van der Waals surface area contributed by atoms with Crippen LogP contribution in [0, 0.1) is 0 Å². The second-order valence-electron chi connectivity index (χ2n) is 5.50. The number of H-pyrrole nitrogens is 1. The Morgan fingerprint density at radius 2 is 2.08 bits per heavy atom. The van der Waals surface area contributed by atoms with Crippen molar-refractivity contribution < 1.29 is 0 Å². The molecule has 5 heterocycles. The Morgan fingerprint density at radius 3 is 2.96 bits per heavy atom. The molecule has 0 saturated carbocycles. The molecule has 5 aromatic rings. The van der Waals surface area contributed by atoms with Gasteiger partial charge in [-0.1, -0.05) is 0 Å². The van der Waals surface area contributed by atoms with Gasteiger partial charge in [0, 0.05) is 42.8 Å². The fourth-order valence-corrected chi connectivity index (χ4v) is 2.89. The van der Waals surface area contributed by atoms with Crippen LogP contribution in [-0.4, -0.2) is 39.3 Å². The van der Waals surface area contributed by atoms with Gasteiger partial charge in [0.2, 0.25) is 0 Å². The number of aromatic nitrogens is 8. The van der Waals surface area contributed by atoms with Gasteiger partial charge in [-0.25, -0.2) is 19.5 Å². The number of nitrogens with zero attached hydrogens (tertiary/aromatic N) is 7. The van der Waals surface area contributed by atoms with Crippen molar-refractivity contribution in [2.24, 2.45) is 7.05 Å². The van der Waals surface area contributed by atoms with Gasteiger partial charge in [0.25, 0.3) is 0 Å². The molecule has 8 heteroatoms. The number of hydrogen-bond donors (Lipinski definition) is 1. The van der Waals surface area contributed by atoms with Gasteiger partial charge in [0.05, 0.1) is 29.2 Å². The molecule has 0 bridgehead atoms. The summed E-state index contributed by atoms with van der Waals surface area (Å²) in [6.45, 7) is 0. The molecule has 0 spiro atoms. The predicted molar refractivity (Wildman–Crippen MR) is 88.1 cm³/mol. The minimum atomic E-state index is 0.772. The third kappa shape index (κ3) is 1.83. The number of fused-ring (bicyclic) bond motifs is 2. The molecule has 1 N–H and O–H groups in total. The summed E-state index contributed by atoms with van der Waals surface area (Å²) in [5, 5.41) is 9.35. The van der Waals surface area contributed by atoms with Crippen molar-refractivity contribution in [3.63, 3.8) is 0 Å². The molecule has 24 heavy (non-hydrogen) atoms. The second-order valence-corrected chi connectivity index (χ2v) is 5.50. The van der Waals surface area contributed by atoms with Crippen molar-refractivity contribution in [1.82, 2.24) is 39.3 Å². The van der Waals surface area contributed by atoms with E-state index in [1.54, 1.807) is 27.9 Å². The molecule has 0 saturated heterocycles. The summed E-state index contributed by atoms with van der Waals surface area (Å²) >= 11 is 0. The summed E-state index contributed by atoms with van der Waals surface area (Å²) in [5.41, 5.74) is 5.13. The lowest BCUT2D eigenvalue weighted by Gasteiger charge is -2.03. The number of hydrogen-bond acceptors (Lipinski definition) is 5. The van der Waals surface area contributed by atoms with Crippen LogP contribution >= 0.6 is 0 Å². The zero-order valence-corrected chi connectivity index (χ0v) is 12.7. The molecular weight excluding hydrogens is 304 g/mol. The minimum absolute atomic E-state index is 0.772. The SMILES string of the molecule is Cn1cc(-c2ncnc3[nH]cc(-c4ccn5nccc5n4)c23)cn1. The molecule has 0 aliphatic heterocycles. The average molecular weight is 316 g/mol. The van der Waals surface area contributed by atoms with Crippen molar-refractivity contribution in [3.8, 4) is 22.5 Å². The first kappa shape index (κ1) is 12.9. The molecule has 0 radical (unpaired) electrons. The average Bonchev–Trinajstić information content (AvgIpc) is 3.32. The van der Waals surface area contributed by atoms with E-state index in [0.717, 1.165) is 39.2 Å². The lowest BCUT2D eigenvalue weighted by Crippen LogP contribution is -1.92. The van der Waals surface area contributed by atoms with Crippen molar-refractivity contribution >= 4 is 16.7 Å².